The second-order valence-electron chi connectivity index (χ2n) is 6.32. The van der Waals surface area contributed by atoms with Gasteiger partial charge in [-0.3, -0.25) is 9.69 Å². The van der Waals surface area contributed by atoms with Crippen LogP contribution >= 0.6 is 0 Å². The zero-order valence-corrected chi connectivity index (χ0v) is 13.9. The lowest BCUT2D eigenvalue weighted by atomic mass is 9.97. The van der Waals surface area contributed by atoms with Crippen molar-refractivity contribution >= 4 is 11.9 Å². The third-order valence-electron chi connectivity index (χ3n) is 4.85. The van der Waals surface area contributed by atoms with Crippen molar-refractivity contribution in [2.75, 3.05) is 33.9 Å². The van der Waals surface area contributed by atoms with Crippen molar-refractivity contribution in [1.82, 2.24) is 9.80 Å². The minimum absolute atomic E-state index is 0.0226. The van der Waals surface area contributed by atoms with Gasteiger partial charge in [-0.25, -0.2) is 4.79 Å². The lowest BCUT2D eigenvalue weighted by molar-refractivity contribution is -0.143. The number of ether oxygens (including phenoxy) is 2. The summed E-state index contributed by atoms with van der Waals surface area (Å²) in [6, 6.07) is 5.80. The Morgan fingerprint density at radius 1 is 1.33 bits per heavy atom. The van der Waals surface area contributed by atoms with Crippen LogP contribution in [0.15, 0.2) is 24.3 Å². The molecule has 1 atom stereocenters. The van der Waals surface area contributed by atoms with Crippen LogP contribution in [0.4, 0.5) is 0 Å². The normalized spacial score (nSPS) is 23.4. The zero-order chi connectivity index (χ0) is 17.3. The lowest BCUT2D eigenvalue weighted by Gasteiger charge is -2.43. The van der Waals surface area contributed by atoms with Gasteiger partial charge in [-0.2, -0.15) is 0 Å². The molecule has 2 saturated heterocycles. The highest BCUT2D eigenvalue weighted by Crippen LogP contribution is 2.38. The lowest BCUT2D eigenvalue weighted by Crippen LogP contribution is -2.57. The minimum atomic E-state index is -1.04. The SMILES string of the molecule is COc1cccc(C(=O)N2C(C(=O)O)COC23CCN(C)CC3)c1. The van der Waals surface area contributed by atoms with Gasteiger partial charge >= 0.3 is 5.97 Å². The van der Waals surface area contributed by atoms with Gasteiger partial charge in [-0.1, -0.05) is 6.07 Å². The van der Waals surface area contributed by atoms with Gasteiger partial charge in [0.15, 0.2) is 6.04 Å². The fraction of sp³-hybridized carbons (Fsp3) is 0.529. The molecular formula is C17H22N2O5. The number of rotatable bonds is 3. The monoisotopic (exact) mass is 334 g/mol. The zero-order valence-electron chi connectivity index (χ0n) is 13.9. The number of carboxylic acids is 1. The molecule has 7 heteroatoms. The Morgan fingerprint density at radius 3 is 2.67 bits per heavy atom. The largest absolute Gasteiger partial charge is 0.497 e. The van der Waals surface area contributed by atoms with E-state index in [-0.39, 0.29) is 12.5 Å². The molecule has 0 aromatic heterocycles. The van der Waals surface area contributed by atoms with Gasteiger partial charge < -0.3 is 19.5 Å². The van der Waals surface area contributed by atoms with Crippen LogP contribution < -0.4 is 4.74 Å². The van der Waals surface area contributed by atoms with E-state index in [1.54, 1.807) is 24.3 Å². The molecule has 1 amide bonds. The number of nitrogens with zero attached hydrogens (tertiary/aromatic N) is 2. The van der Waals surface area contributed by atoms with Crippen LogP contribution in [-0.4, -0.2) is 72.4 Å². The number of amides is 1. The van der Waals surface area contributed by atoms with Crippen molar-refractivity contribution in [3.63, 3.8) is 0 Å². The molecule has 7 nitrogen and oxygen atoms in total. The highest BCUT2D eigenvalue weighted by molar-refractivity contribution is 5.97. The van der Waals surface area contributed by atoms with Gasteiger partial charge in [0.2, 0.25) is 0 Å². The molecule has 2 aliphatic heterocycles. The van der Waals surface area contributed by atoms with E-state index in [0.717, 1.165) is 13.1 Å². The molecule has 24 heavy (non-hydrogen) atoms. The number of benzene rings is 1. The smallest absolute Gasteiger partial charge is 0.328 e. The summed E-state index contributed by atoms with van der Waals surface area (Å²) >= 11 is 0. The molecule has 130 valence electrons. The number of likely N-dealkylation sites (tertiary alicyclic amines) is 1. The summed E-state index contributed by atoms with van der Waals surface area (Å²) in [7, 11) is 3.53. The summed E-state index contributed by atoms with van der Waals surface area (Å²) in [5, 5.41) is 9.54. The Morgan fingerprint density at radius 2 is 2.04 bits per heavy atom. The Balaban J connectivity index is 1.95. The maximum Gasteiger partial charge on any atom is 0.328 e. The fourth-order valence-electron chi connectivity index (χ4n) is 3.42. The van der Waals surface area contributed by atoms with Gasteiger partial charge in [-0.15, -0.1) is 0 Å². The molecule has 1 N–H and O–H groups in total. The molecule has 2 heterocycles. The minimum Gasteiger partial charge on any atom is -0.497 e. The topological polar surface area (TPSA) is 79.3 Å². The van der Waals surface area contributed by atoms with E-state index in [0.29, 0.717) is 24.2 Å². The Hall–Kier alpha value is -2.12. The maximum atomic E-state index is 13.1. The summed E-state index contributed by atoms with van der Waals surface area (Å²) in [6.07, 6.45) is 1.20. The number of carboxylic acid groups (broad SMARTS) is 1. The third-order valence-corrected chi connectivity index (χ3v) is 4.85. The van der Waals surface area contributed by atoms with Crippen molar-refractivity contribution in [3.05, 3.63) is 29.8 Å². The molecule has 1 unspecified atom stereocenters. The van der Waals surface area contributed by atoms with Crippen molar-refractivity contribution in [2.24, 2.45) is 0 Å². The van der Waals surface area contributed by atoms with E-state index < -0.39 is 17.7 Å². The number of piperidine rings is 1. The van der Waals surface area contributed by atoms with Crippen LogP contribution in [0.3, 0.4) is 0 Å². The Kier molecular flexibility index (Phi) is 4.47. The third kappa shape index (κ3) is 2.85. The number of carbonyl (C=O) groups is 2. The fourth-order valence-corrected chi connectivity index (χ4v) is 3.42. The second-order valence-corrected chi connectivity index (χ2v) is 6.32. The predicted molar refractivity (Wildman–Crippen MR) is 86.0 cm³/mol. The molecular weight excluding hydrogens is 312 g/mol. The number of hydrogen-bond donors (Lipinski definition) is 1. The first-order chi connectivity index (χ1) is 11.5. The predicted octanol–water partition coefficient (Wildman–Crippen LogP) is 1.04. The van der Waals surface area contributed by atoms with Crippen LogP contribution in [0, 0.1) is 0 Å². The molecule has 0 aliphatic carbocycles. The number of aliphatic carboxylic acids is 1. The van der Waals surface area contributed by atoms with Crippen molar-refractivity contribution < 1.29 is 24.2 Å². The van der Waals surface area contributed by atoms with E-state index in [1.807, 2.05) is 7.05 Å². The van der Waals surface area contributed by atoms with Crippen LogP contribution in [0.1, 0.15) is 23.2 Å². The highest BCUT2D eigenvalue weighted by atomic mass is 16.5. The molecule has 1 spiro atoms. The van der Waals surface area contributed by atoms with Crippen LogP contribution in [0.5, 0.6) is 5.75 Å². The molecule has 1 aromatic carbocycles. The van der Waals surface area contributed by atoms with E-state index >= 15 is 0 Å². The molecule has 1 aromatic rings. The first kappa shape index (κ1) is 16.7. The van der Waals surface area contributed by atoms with Crippen LogP contribution in [0.2, 0.25) is 0 Å². The Labute approximate surface area is 140 Å². The van der Waals surface area contributed by atoms with Crippen LogP contribution in [0.25, 0.3) is 0 Å². The van der Waals surface area contributed by atoms with Gasteiger partial charge in [0.1, 0.15) is 11.5 Å². The average Bonchev–Trinajstić information content (AvgIpc) is 2.96. The summed E-state index contributed by atoms with van der Waals surface area (Å²) in [5.41, 5.74) is -0.431. The first-order valence-corrected chi connectivity index (χ1v) is 8.00. The van der Waals surface area contributed by atoms with Gasteiger partial charge in [0.05, 0.1) is 13.7 Å². The average molecular weight is 334 g/mol. The quantitative estimate of drug-likeness (QED) is 0.890. The molecule has 0 bridgehead atoms. The number of hydrogen-bond acceptors (Lipinski definition) is 5. The molecule has 3 rings (SSSR count). The van der Waals surface area contributed by atoms with E-state index in [9.17, 15) is 14.7 Å². The number of methoxy groups -OCH3 is 1. The van der Waals surface area contributed by atoms with Crippen molar-refractivity contribution in [2.45, 2.75) is 24.6 Å². The Bertz CT molecular complexity index is 640. The summed E-state index contributed by atoms with van der Waals surface area (Å²) < 4.78 is 11.0. The van der Waals surface area contributed by atoms with Gasteiger partial charge in [0.25, 0.3) is 5.91 Å². The van der Waals surface area contributed by atoms with Gasteiger partial charge in [0, 0.05) is 31.5 Å². The summed E-state index contributed by atoms with van der Waals surface area (Å²) in [4.78, 5) is 28.3. The standard InChI is InChI=1S/C17H22N2O5/c1-18-8-6-17(7-9-18)19(14(11-24-17)16(21)22)15(20)12-4-3-5-13(10-12)23-2/h3-5,10,14H,6-9,11H2,1-2H3,(H,21,22). The molecule has 2 aliphatic rings. The molecule has 0 radical (unpaired) electrons. The highest BCUT2D eigenvalue weighted by Gasteiger charge is 2.53. The summed E-state index contributed by atoms with van der Waals surface area (Å²) in [6.45, 7) is 1.54. The van der Waals surface area contributed by atoms with E-state index in [2.05, 4.69) is 4.90 Å². The van der Waals surface area contributed by atoms with Crippen molar-refractivity contribution in [3.8, 4) is 5.75 Å². The second kappa shape index (κ2) is 6.41. The van der Waals surface area contributed by atoms with Crippen molar-refractivity contribution in [1.29, 1.82) is 0 Å². The van der Waals surface area contributed by atoms with Crippen LogP contribution in [-0.2, 0) is 9.53 Å². The van der Waals surface area contributed by atoms with E-state index in [1.165, 1.54) is 12.0 Å². The molecule has 2 fully saturated rings. The van der Waals surface area contributed by atoms with E-state index in [4.69, 9.17) is 9.47 Å². The van der Waals surface area contributed by atoms with Gasteiger partial charge in [-0.05, 0) is 25.2 Å². The molecule has 0 saturated carbocycles. The summed E-state index contributed by atoms with van der Waals surface area (Å²) in [5.74, 6) is -0.810. The first-order valence-electron chi connectivity index (χ1n) is 8.00. The number of carbonyl (C=O) groups excluding carboxylic acids is 1. The maximum absolute atomic E-state index is 13.1.